The molecule has 0 bridgehead atoms. The lowest BCUT2D eigenvalue weighted by atomic mass is 10.2. The molecular weight excluding hydrogens is 377 g/mol. The molecule has 0 atom stereocenters. The molecule has 1 saturated heterocycles. The molecule has 2 amide bonds. The predicted molar refractivity (Wildman–Crippen MR) is 102 cm³/mol. The molecule has 1 aromatic carbocycles. The Morgan fingerprint density at radius 3 is 2.31 bits per heavy atom. The molecule has 0 aliphatic carbocycles. The zero-order valence-corrected chi connectivity index (χ0v) is 16.4. The number of hydrogen-bond acceptors (Lipinski definition) is 3. The number of nitrogens with one attached hydrogen (secondary N) is 1. The Morgan fingerprint density at radius 2 is 1.69 bits per heavy atom. The van der Waals surface area contributed by atoms with Crippen LogP contribution in [-0.2, 0) is 4.74 Å². The van der Waals surface area contributed by atoms with Crippen LogP contribution in [0.2, 0.25) is 10.0 Å². The van der Waals surface area contributed by atoms with Crippen molar-refractivity contribution < 1.29 is 14.3 Å². The monoisotopic (exact) mass is 397 g/mol. The third-order valence-electron chi connectivity index (χ3n) is 4.13. The van der Waals surface area contributed by atoms with E-state index in [4.69, 9.17) is 27.9 Å². The highest BCUT2D eigenvalue weighted by molar-refractivity contribution is 6.39. The second kappa shape index (κ2) is 7.00. The Hall–Kier alpha value is -1.92. The maximum atomic E-state index is 12.8. The van der Waals surface area contributed by atoms with Crippen LogP contribution >= 0.6 is 23.2 Å². The van der Waals surface area contributed by atoms with Gasteiger partial charge in [-0.05, 0) is 39.0 Å². The van der Waals surface area contributed by atoms with Crippen LogP contribution in [0.3, 0.4) is 0 Å². The van der Waals surface area contributed by atoms with Crippen molar-refractivity contribution in [1.29, 1.82) is 0 Å². The zero-order valence-electron chi connectivity index (χ0n) is 14.9. The highest BCUT2D eigenvalue weighted by Crippen LogP contribution is 2.30. The quantitative estimate of drug-likeness (QED) is 0.784. The van der Waals surface area contributed by atoms with E-state index in [2.05, 4.69) is 4.98 Å². The highest BCUT2D eigenvalue weighted by Gasteiger charge is 2.29. The van der Waals surface area contributed by atoms with E-state index < -0.39 is 5.60 Å². The minimum atomic E-state index is -0.539. The standard InChI is InChI=1S/C18H21Cl2N3O3/c1-18(2,3)26-17(25)23-8-6-22(7-9-23)16(24)15-14(20)12-10-11(19)4-5-13(12)21-15/h4-5,10,21H,6-9H2,1-3H3. The summed E-state index contributed by atoms with van der Waals surface area (Å²) < 4.78 is 5.37. The number of hydrogen-bond donors (Lipinski definition) is 1. The average Bonchev–Trinajstić information content (AvgIpc) is 2.89. The van der Waals surface area contributed by atoms with Crippen molar-refractivity contribution in [3.63, 3.8) is 0 Å². The van der Waals surface area contributed by atoms with E-state index >= 15 is 0 Å². The molecule has 2 heterocycles. The summed E-state index contributed by atoms with van der Waals surface area (Å²) in [4.78, 5) is 31.3. The van der Waals surface area contributed by atoms with E-state index in [0.717, 1.165) is 10.9 Å². The van der Waals surface area contributed by atoms with Crippen LogP contribution in [0.15, 0.2) is 18.2 Å². The SMILES string of the molecule is CC(C)(C)OC(=O)N1CCN(C(=O)c2[nH]c3ccc(Cl)cc3c2Cl)CC1. The fourth-order valence-electron chi connectivity index (χ4n) is 2.86. The molecule has 1 aromatic heterocycles. The van der Waals surface area contributed by atoms with Gasteiger partial charge in [0.1, 0.15) is 11.3 Å². The maximum absolute atomic E-state index is 12.8. The number of amides is 2. The number of halogens is 2. The maximum Gasteiger partial charge on any atom is 0.410 e. The van der Waals surface area contributed by atoms with Crippen LogP contribution in [0.1, 0.15) is 31.3 Å². The van der Waals surface area contributed by atoms with Crippen LogP contribution in [0.5, 0.6) is 0 Å². The number of ether oxygens (including phenoxy) is 1. The van der Waals surface area contributed by atoms with Gasteiger partial charge in [0.25, 0.3) is 5.91 Å². The summed E-state index contributed by atoms with van der Waals surface area (Å²) in [6.45, 7) is 7.17. The molecule has 2 aromatic rings. The van der Waals surface area contributed by atoms with Crippen molar-refractivity contribution in [3.8, 4) is 0 Å². The Kier molecular flexibility index (Phi) is 5.08. The summed E-state index contributed by atoms with van der Waals surface area (Å²) in [5, 5.41) is 1.64. The van der Waals surface area contributed by atoms with Crippen molar-refractivity contribution in [1.82, 2.24) is 14.8 Å². The Bertz CT molecular complexity index is 849. The third-order valence-corrected chi connectivity index (χ3v) is 4.76. The van der Waals surface area contributed by atoms with Gasteiger partial charge in [0, 0.05) is 42.1 Å². The van der Waals surface area contributed by atoms with Gasteiger partial charge >= 0.3 is 6.09 Å². The molecule has 6 nitrogen and oxygen atoms in total. The molecule has 26 heavy (non-hydrogen) atoms. The topological polar surface area (TPSA) is 65.6 Å². The number of carbonyl (C=O) groups is 2. The van der Waals surface area contributed by atoms with Crippen molar-refractivity contribution in [2.24, 2.45) is 0 Å². The van der Waals surface area contributed by atoms with Gasteiger partial charge < -0.3 is 19.5 Å². The molecule has 3 rings (SSSR count). The number of carbonyl (C=O) groups excluding carboxylic acids is 2. The summed E-state index contributed by atoms with van der Waals surface area (Å²) in [5.74, 6) is -0.189. The van der Waals surface area contributed by atoms with E-state index in [1.807, 2.05) is 20.8 Å². The molecule has 0 unspecified atom stereocenters. The van der Waals surface area contributed by atoms with Gasteiger partial charge in [-0.15, -0.1) is 0 Å². The van der Waals surface area contributed by atoms with Gasteiger partial charge in [-0.25, -0.2) is 4.79 Å². The van der Waals surface area contributed by atoms with Crippen LogP contribution in [0, 0.1) is 0 Å². The molecule has 140 valence electrons. The van der Waals surface area contributed by atoms with Gasteiger partial charge in [0.2, 0.25) is 0 Å². The lowest BCUT2D eigenvalue weighted by molar-refractivity contribution is 0.0140. The van der Waals surface area contributed by atoms with Crippen LogP contribution in [0.4, 0.5) is 4.79 Å². The number of fused-ring (bicyclic) bond motifs is 1. The van der Waals surface area contributed by atoms with Crippen molar-refractivity contribution in [2.75, 3.05) is 26.2 Å². The average molecular weight is 398 g/mol. The smallest absolute Gasteiger partial charge is 0.410 e. The van der Waals surface area contributed by atoms with E-state index in [0.29, 0.717) is 41.9 Å². The second-order valence-electron chi connectivity index (χ2n) is 7.26. The van der Waals surface area contributed by atoms with E-state index in [1.54, 1.807) is 28.0 Å². The van der Waals surface area contributed by atoms with Gasteiger partial charge in [-0.1, -0.05) is 23.2 Å². The largest absolute Gasteiger partial charge is 0.444 e. The molecule has 1 aliphatic rings. The molecule has 8 heteroatoms. The minimum absolute atomic E-state index is 0.189. The molecule has 1 N–H and O–H groups in total. The fourth-order valence-corrected chi connectivity index (χ4v) is 3.31. The van der Waals surface area contributed by atoms with Gasteiger partial charge in [-0.2, -0.15) is 0 Å². The molecule has 1 aliphatic heterocycles. The van der Waals surface area contributed by atoms with E-state index in [9.17, 15) is 9.59 Å². The van der Waals surface area contributed by atoms with Crippen LogP contribution in [0.25, 0.3) is 10.9 Å². The molecule has 1 fully saturated rings. The van der Waals surface area contributed by atoms with Gasteiger partial charge in [0.05, 0.1) is 5.02 Å². The first-order valence-electron chi connectivity index (χ1n) is 8.39. The summed E-state index contributed by atoms with van der Waals surface area (Å²) in [6.07, 6.45) is -0.358. The second-order valence-corrected chi connectivity index (χ2v) is 8.08. The molecule has 0 saturated carbocycles. The molecule has 0 spiro atoms. The Morgan fingerprint density at radius 1 is 1.08 bits per heavy atom. The summed E-state index contributed by atoms with van der Waals surface area (Å²) in [6, 6.07) is 5.26. The Labute approximate surface area is 162 Å². The van der Waals surface area contributed by atoms with Crippen LogP contribution < -0.4 is 0 Å². The van der Waals surface area contributed by atoms with Crippen molar-refractivity contribution in [3.05, 3.63) is 33.9 Å². The molecule has 0 radical (unpaired) electrons. The van der Waals surface area contributed by atoms with Crippen molar-refractivity contribution in [2.45, 2.75) is 26.4 Å². The normalized spacial score (nSPS) is 15.4. The number of aromatic nitrogens is 1. The molecular formula is C18H21Cl2N3O3. The van der Waals surface area contributed by atoms with Crippen LogP contribution in [-0.4, -0.2) is 58.6 Å². The first kappa shape index (κ1) is 18.9. The fraction of sp³-hybridized carbons (Fsp3) is 0.444. The summed E-state index contributed by atoms with van der Waals surface area (Å²) in [5.41, 5.74) is 0.563. The first-order valence-corrected chi connectivity index (χ1v) is 9.15. The highest BCUT2D eigenvalue weighted by atomic mass is 35.5. The number of piperazine rings is 1. The minimum Gasteiger partial charge on any atom is -0.444 e. The summed E-state index contributed by atoms with van der Waals surface area (Å²) >= 11 is 12.4. The first-order chi connectivity index (χ1) is 12.2. The van der Waals surface area contributed by atoms with Gasteiger partial charge in [0.15, 0.2) is 0 Å². The summed E-state index contributed by atoms with van der Waals surface area (Å²) in [7, 11) is 0. The zero-order chi connectivity index (χ0) is 19.1. The predicted octanol–water partition coefficient (Wildman–Crippen LogP) is 4.17. The number of benzene rings is 1. The van der Waals surface area contributed by atoms with Gasteiger partial charge in [-0.3, -0.25) is 4.79 Å². The number of nitrogens with zero attached hydrogens (tertiary/aromatic N) is 2. The number of aromatic amines is 1. The Balaban J connectivity index is 1.69. The lowest BCUT2D eigenvalue weighted by Crippen LogP contribution is -2.51. The third kappa shape index (κ3) is 3.91. The number of rotatable bonds is 1. The van der Waals surface area contributed by atoms with Crippen molar-refractivity contribution >= 4 is 46.1 Å². The van der Waals surface area contributed by atoms with E-state index in [-0.39, 0.29) is 12.0 Å². The number of H-pyrrole nitrogens is 1. The lowest BCUT2D eigenvalue weighted by Gasteiger charge is -2.35. The van der Waals surface area contributed by atoms with E-state index in [1.165, 1.54) is 0 Å².